The molecule has 0 aliphatic rings. The number of hydrogen-bond acceptors (Lipinski definition) is 4. The first-order chi connectivity index (χ1) is 7.75. The van der Waals surface area contributed by atoms with Crippen molar-refractivity contribution in [2.45, 2.75) is 6.92 Å². The van der Waals surface area contributed by atoms with E-state index in [0.717, 1.165) is 22.2 Å². The molecule has 0 atom stereocenters. The number of nitrogens with one attached hydrogen (secondary N) is 1. The van der Waals surface area contributed by atoms with Crippen LogP contribution in [0.4, 0.5) is 5.82 Å². The van der Waals surface area contributed by atoms with Crippen molar-refractivity contribution in [2.75, 3.05) is 5.73 Å². The lowest BCUT2D eigenvalue weighted by molar-refractivity contribution is 0.562. The number of nitrogen functional groups attached to an aromatic ring is 1. The van der Waals surface area contributed by atoms with Gasteiger partial charge in [-0.25, -0.2) is 4.98 Å². The van der Waals surface area contributed by atoms with Crippen LogP contribution < -0.4 is 5.73 Å². The number of H-pyrrole nitrogens is 1. The summed E-state index contributed by atoms with van der Waals surface area (Å²) >= 11 is 0. The van der Waals surface area contributed by atoms with Gasteiger partial charge in [0.2, 0.25) is 0 Å². The third-order valence-corrected chi connectivity index (χ3v) is 2.48. The van der Waals surface area contributed by atoms with Gasteiger partial charge in [-0.15, -0.1) is 0 Å². The molecule has 0 radical (unpaired) electrons. The standard InChI is InChI=1S/C11H10N4O/c1-6-14-9-4-2-3-7(10(9)16-6)8-5-13-15-11(8)12/h2-5H,1H3,(H3,12,13,15). The number of oxazole rings is 1. The molecule has 80 valence electrons. The van der Waals surface area contributed by atoms with Gasteiger partial charge in [0.25, 0.3) is 0 Å². The molecule has 0 saturated carbocycles. The summed E-state index contributed by atoms with van der Waals surface area (Å²) in [5, 5.41) is 6.60. The number of aryl methyl sites for hydroxylation is 1. The van der Waals surface area contributed by atoms with Crippen molar-refractivity contribution in [1.29, 1.82) is 0 Å². The summed E-state index contributed by atoms with van der Waals surface area (Å²) in [6, 6.07) is 5.77. The molecule has 5 heteroatoms. The highest BCUT2D eigenvalue weighted by atomic mass is 16.3. The normalized spacial score (nSPS) is 11.1. The summed E-state index contributed by atoms with van der Waals surface area (Å²) in [7, 11) is 0. The number of anilines is 1. The zero-order valence-corrected chi connectivity index (χ0v) is 8.69. The molecule has 0 aliphatic carbocycles. The van der Waals surface area contributed by atoms with Gasteiger partial charge in [0.1, 0.15) is 11.3 Å². The van der Waals surface area contributed by atoms with Crippen LogP contribution in [-0.2, 0) is 0 Å². The summed E-state index contributed by atoms with van der Waals surface area (Å²) in [4.78, 5) is 4.28. The molecule has 2 aromatic heterocycles. The molecule has 0 fully saturated rings. The Labute approximate surface area is 91.3 Å². The Hall–Kier alpha value is -2.30. The number of para-hydroxylation sites is 1. The second kappa shape index (κ2) is 3.10. The Morgan fingerprint density at radius 3 is 2.94 bits per heavy atom. The van der Waals surface area contributed by atoms with Gasteiger partial charge < -0.3 is 10.2 Å². The van der Waals surface area contributed by atoms with Gasteiger partial charge in [0.15, 0.2) is 11.5 Å². The van der Waals surface area contributed by atoms with Gasteiger partial charge in [-0.05, 0) is 6.07 Å². The van der Waals surface area contributed by atoms with E-state index in [2.05, 4.69) is 15.2 Å². The van der Waals surface area contributed by atoms with Gasteiger partial charge in [-0.3, -0.25) is 5.10 Å². The number of rotatable bonds is 1. The molecule has 0 saturated heterocycles. The van der Waals surface area contributed by atoms with Gasteiger partial charge in [0, 0.05) is 18.1 Å². The Morgan fingerprint density at radius 2 is 2.19 bits per heavy atom. The molecule has 1 aromatic carbocycles. The van der Waals surface area contributed by atoms with Crippen molar-refractivity contribution in [2.24, 2.45) is 0 Å². The maximum atomic E-state index is 5.79. The Balaban J connectivity index is 2.35. The highest BCUT2D eigenvalue weighted by Crippen LogP contribution is 2.31. The first-order valence-corrected chi connectivity index (χ1v) is 4.91. The summed E-state index contributed by atoms with van der Waals surface area (Å²) in [6.45, 7) is 1.82. The number of hydrogen-bond donors (Lipinski definition) is 2. The predicted octanol–water partition coefficient (Wildman–Crippen LogP) is 2.11. The minimum absolute atomic E-state index is 0.529. The van der Waals surface area contributed by atoms with Crippen LogP contribution in [0.2, 0.25) is 0 Å². The first kappa shape index (κ1) is 8.96. The molecule has 3 aromatic rings. The molecular formula is C11H10N4O. The third kappa shape index (κ3) is 1.18. The number of nitrogens with zero attached hydrogens (tertiary/aromatic N) is 2. The van der Waals surface area contributed by atoms with Crippen LogP contribution in [0, 0.1) is 6.92 Å². The van der Waals surface area contributed by atoms with Crippen molar-refractivity contribution >= 4 is 16.9 Å². The molecule has 5 nitrogen and oxygen atoms in total. The fourth-order valence-corrected chi connectivity index (χ4v) is 1.78. The Morgan fingerprint density at radius 1 is 1.31 bits per heavy atom. The average Bonchev–Trinajstić information content (AvgIpc) is 2.82. The molecule has 3 rings (SSSR count). The largest absolute Gasteiger partial charge is 0.440 e. The van der Waals surface area contributed by atoms with Crippen LogP contribution in [0.3, 0.4) is 0 Å². The van der Waals surface area contributed by atoms with Crippen LogP contribution in [0.5, 0.6) is 0 Å². The van der Waals surface area contributed by atoms with E-state index in [4.69, 9.17) is 10.2 Å². The van der Waals surface area contributed by atoms with Gasteiger partial charge >= 0.3 is 0 Å². The molecule has 0 aliphatic heterocycles. The number of aromatic amines is 1. The quantitative estimate of drug-likeness (QED) is 0.650. The number of nitrogens with two attached hydrogens (primary N) is 1. The zero-order chi connectivity index (χ0) is 11.1. The van der Waals surface area contributed by atoms with E-state index in [-0.39, 0.29) is 0 Å². The molecule has 0 amide bonds. The minimum atomic E-state index is 0.529. The Bertz CT molecular complexity index is 653. The maximum Gasteiger partial charge on any atom is 0.192 e. The molecule has 0 spiro atoms. The van der Waals surface area contributed by atoms with Crippen molar-refractivity contribution in [3.63, 3.8) is 0 Å². The molecule has 0 bridgehead atoms. The molecular weight excluding hydrogens is 204 g/mol. The monoisotopic (exact) mass is 214 g/mol. The highest BCUT2D eigenvalue weighted by molar-refractivity contribution is 5.92. The van der Waals surface area contributed by atoms with Gasteiger partial charge in [-0.1, -0.05) is 12.1 Å². The number of aromatic nitrogens is 3. The van der Waals surface area contributed by atoms with Crippen LogP contribution in [0.1, 0.15) is 5.89 Å². The fraction of sp³-hybridized carbons (Fsp3) is 0.0909. The van der Waals surface area contributed by atoms with Crippen LogP contribution in [0.25, 0.3) is 22.2 Å². The summed E-state index contributed by atoms with van der Waals surface area (Å²) < 4.78 is 5.57. The smallest absolute Gasteiger partial charge is 0.192 e. The average molecular weight is 214 g/mol. The van der Waals surface area contributed by atoms with Gasteiger partial charge in [0.05, 0.1) is 6.20 Å². The van der Waals surface area contributed by atoms with Crippen molar-refractivity contribution in [1.82, 2.24) is 15.2 Å². The van der Waals surface area contributed by atoms with E-state index in [0.29, 0.717) is 11.7 Å². The summed E-state index contributed by atoms with van der Waals surface area (Å²) in [5.74, 6) is 1.17. The molecule has 3 N–H and O–H groups in total. The molecule has 16 heavy (non-hydrogen) atoms. The van der Waals surface area contributed by atoms with E-state index in [1.165, 1.54) is 0 Å². The van der Waals surface area contributed by atoms with Crippen molar-refractivity contribution in [3.8, 4) is 11.1 Å². The topological polar surface area (TPSA) is 80.7 Å². The predicted molar refractivity (Wildman–Crippen MR) is 60.7 cm³/mol. The van der Waals surface area contributed by atoms with E-state index >= 15 is 0 Å². The number of fused-ring (bicyclic) bond motifs is 1. The zero-order valence-electron chi connectivity index (χ0n) is 8.69. The molecule has 2 heterocycles. The van der Waals surface area contributed by atoms with Crippen LogP contribution >= 0.6 is 0 Å². The second-order valence-electron chi connectivity index (χ2n) is 3.58. The SMILES string of the molecule is Cc1nc2cccc(-c3cn[nH]c3N)c2o1. The van der Waals surface area contributed by atoms with Crippen LogP contribution in [0.15, 0.2) is 28.8 Å². The van der Waals surface area contributed by atoms with E-state index < -0.39 is 0 Å². The fourth-order valence-electron chi connectivity index (χ4n) is 1.78. The van der Waals surface area contributed by atoms with Gasteiger partial charge in [-0.2, -0.15) is 5.10 Å². The van der Waals surface area contributed by atoms with E-state index in [1.54, 1.807) is 6.20 Å². The lowest BCUT2D eigenvalue weighted by Crippen LogP contribution is -1.87. The lowest BCUT2D eigenvalue weighted by Gasteiger charge is -1.98. The third-order valence-electron chi connectivity index (χ3n) is 2.48. The first-order valence-electron chi connectivity index (χ1n) is 4.91. The maximum absolute atomic E-state index is 5.79. The summed E-state index contributed by atoms with van der Waals surface area (Å²) in [5.41, 5.74) is 9.10. The summed E-state index contributed by atoms with van der Waals surface area (Å²) in [6.07, 6.45) is 1.68. The van der Waals surface area contributed by atoms with Crippen LogP contribution in [-0.4, -0.2) is 15.2 Å². The Kier molecular flexibility index (Phi) is 1.73. The lowest BCUT2D eigenvalue weighted by atomic mass is 10.1. The minimum Gasteiger partial charge on any atom is -0.440 e. The highest BCUT2D eigenvalue weighted by Gasteiger charge is 2.12. The second-order valence-corrected chi connectivity index (χ2v) is 3.58. The van der Waals surface area contributed by atoms with E-state index in [1.807, 2.05) is 25.1 Å². The van der Waals surface area contributed by atoms with Crippen molar-refractivity contribution in [3.05, 3.63) is 30.3 Å². The molecule has 0 unspecified atom stereocenters. The van der Waals surface area contributed by atoms with Crippen molar-refractivity contribution < 1.29 is 4.42 Å². The van der Waals surface area contributed by atoms with E-state index in [9.17, 15) is 0 Å². The number of benzene rings is 1.